The molecule has 1 aromatic carbocycles. The molecular formula is C13H16O2. The highest BCUT2D eigenvalue weighted by Crippen LogP contribution is 2.21. The zero-order valence-corrected chi connectivity index (χ0v) is 8.67. The van der Waals surface area contributed by atoms with E-state index in [1.54, 1.807) is 6.08 Å². The summed E-state index contributed by atoms with van der Waals surface area (Å²) in [6, 6.07) is 9.58. The predicted molar refractivity (Wildman–Crippen MR) is 61.5 cm³/mol. The Morgan fingerprint density at radius 1 is 1.27 bits per heavy atom. The molecule has 1 N–H and O–H groups in total. The molecule has 0 fully saturated rings. The lowest BCUT2D eigenvalue weighted by Gasteiger charge is -2.20. The van der Waals surface area contributed by atoms with Crippen molar-refractivity contribution in [2.24, 2.45) is 0 Å². The van der Waals surface area contributed by atoms with Gasteiger partial charge in [-0.05, 0) is 5.56 Å². The lowest BCUT2D eigenvalue weighted by molar-refractivity contribution is -0.00617. The Morgan fingerprint density at radius 3 is 2.47 bits per heavy atom. The largest absolute Gasteiger partial charge is 0.386 e. The summed E-state index contributed by atoms with van der Waals surface area (Å²) in [5, 5.41) is 9.72. The number of aliphatic hydroxyl groups excluding tert-OH is 1. The maximum absolute atomic E-state index is 9.72. The predicted octanol–water partition coefficient (Wildman–Crippen LogP) is 2.48. The Morgan fingerprint density at radius 2 is 1.93 bits per heavy atom. The Hall–Kier alpha value is -1.38. The van der Waals surface area contributed by atoms with Gasteiger partial charge in [0.1, 0.15) is 12.2 Å². The topological polar surface area (TPSA) is 29.5 Å². The quantitative estimate of drug-likeness (QED) is 0.721. The number of hydrogen-bond donors (Lipinski definition) is 1. The van der Waals surface area contributed by atoms with Gasteiger partial charge in [-0.2, -0.15) is 0 Å². The van der Waals surface area contributed by atoms with Crippen LogP contribution in [0.1, 0.15) is 11.7 Å². The molecule has 0 aliphatic carbocycles. The molecule has 1 rings (SSSR count). The minimum absolute atomic E-state index is 0.373. The van der Waals surface area contributed by atoms with Crippen molar-refractivity contribution in [3.8, 4) is 0 Å². The van der Waals surface area contributed by atoms with Crippen LogP contribution in [-0.4, -0.2) is 17.8 Å². The first-order chi connectivity index (χ1) is 7.29. The second kappa shape index (κ2) is 6.17. The summed E-state index contributed by atoms with van der Waals surface area (Å²) in [5.74, 6) is 0. The van der Waals surface area contributed by atoms with Crippen LogP contribution in [0.15, 0.2) is 55.6 Å². The van der Waals surface area contributed by atoms with Gasteiger partial charge >= 0.3 is 0 Å². The molecule has 0 amide bonds. The third-order valence-electron chi connectivity index (χ3n) is 2.07. The molecule has 0 radical (unpaired) electrons. The third-order valence-corrected chi connectivity index (χ3v) is 2.07. The van der Waals surface area contributed by atoms with Crippen LogP contribution < -0.4 is 0 Å². The summed E-state index contributed by atoms with van der Waals surface area (Å²) < 4.78 is 5.49. The van der Waals surface area contributed by atoms with Crippen molar-refractivity contribution >= 4 is 0 Å². The van der Waals surface area contributed by atoms with Gasteiger partial charge in [0.15, 0.2) is 0 Å². The zero-order valence-electron chi connectivity index (χ0n) is 8.67. The minimum Gasteiger partial charge on any atom is -0.386 e. The molecule has 0 saturated heterocycles. The van der Waals surface area contributed by atoms with E-state index in [1.807, 2.05) is 30.3 Å². The van der Waals surface area contributed by atoms with E-state index in [-0.39, 0.29) is 6.10 Å². The fourth-order valence-electron chi connectivity index (χ4n) is 1.33. The maximum atomic E-state index is 9.72. The first-order valence-electron chi connectivity index (χ1n) is 4.87. The second-order valence-corrected chi connectivity index (χ2v) is 3.18. The molecule has 0 saturated carbocycles. The van der Waals surface area contributed by atoms with Crippen LogP contribution in [0, 0.1) is 0 Å². The highest BCUT2D eigenvalue weighted by molar-refractivity contribution is 5.20. The fraction of sp³-hybridized carbons (Fsp3) is 0.231. The van der Waals surface area contributed by atoms with Gasteiger partial charge < -0.3 is 9.84 Å². The van der Waals surface area contributed by atoms with E-state index >= 15 is 0 Å². The van der Waals surface area contributed by atoms with Gasteiger partial charge in [-0.25, -0.2) is 0 Å². The Balaban J connectivity index is 2.80. The number of hydrogen-bond acceptors (Lipinski definition) is 2. The monoisotopic (exact) mass is 204 g/mol. The highest BCUT2D eigenvalue weighted by Gasteiger charge is 2.18. The minimum atomic E-state index is -0.702. The molecule has 0 heterocycles. The van der Waals surface area contributed by atoms with E-state index in [9.17, 15) is 5.11 Å². The van der Waals surface area contributed by atoms with Crippen LogP contribution in [-0.2, 0) is 4.74 Å². The van der Waals surface area contributed by atoms with Gasteiger partial charge in [0.2, 0.25) is 0 Å². The van der Waals surface area contributed by atoms with Crippen molar-refractivity contribution in [2.45, 2.75) is 12.2 Å². The standard InChI is InChI=1S/C13H16O2/c1-3-10-15-13(12(14)4-2)11-8-6-5-7-9-11/h3-9,12-14H,1-2,10H2/t12-,13-/m0/s1. The third kappa shape index (κ3) is 3.35. The number of ether oxygens (including phenoxy) is 1. The van der Waals surface area contributed by atoms with Crippen LogP contribution >= 0.6 is 0 Å². The van der Waals surface area contributed by atoms with E-state index in [2.05, 4.69) is 13.2 Å². The molecule has 2 heteroatoms. The van der Waals surface area contributed by atoms with E-state index in [0.29, 0.717) is 6.61 Å². The van der Waals surface area contributed by atoms with Gasteiger partial charge in [-0.1, -0.05) is 42.5 Å². The van der Waals surface area contributed by atoms with Gasteiger partial charge in [-0.15, -0.1) is 13.2 Å². The molecule has 2 nitrogen and oxygen atoms in total. The molecule has 15 heavy (non-hydrogen) atoms. The van der Waals surface area contributed by atoms with E-state index in [1.165, 1.54) is 6.08 Å². The van der Waals surface area contributed by atoms with Gasteiger partial charge in [-0.3, -0.25) is 0 Å². The Kier molecular flexibility index (Phi) is 4.81. The molecule has 0 aliphatic heterocycles. The van der Waals surface area contributed by atoms with E-state index in [0.717, 1.165) is 5.56 Å². The fourth-order valence-corrected chi connectivity index (χ4v) is 1.33. The highest BCUT2D eigenvalue weighted by atomic mass is 16.5. The van der Waals surface area contributed by atoms with Crippen LogP contribution in [0.5, 0.6) is 0 Å². The zero-order chi connectivity index (χ0) is 11.1. The van der Waals surface area contributed by atoms with Crippen LogP contribution in [0.25, 0.3) is 0 Å². The second-order valence-electron chi connectivity index (χ2n) is 3.18. The summed E-state index contributed by atoms with van der Waals surface area (Å²) in [5.41, 5.74) is 0.937. The maximum Gasteiger partial charge on any atom is 0.112 e. The van der Waals surface area contributed by atoms with Crippen molar-refractivity contribution in [3.63, 3.8) is 0 Å². The van der Waals surface area contributed by atoms with Crippen molar-refractivity contribution in [2.75, 3.05) is 6.61 Å². The molecule has 0 aromatic heterocycles. The summed E-state index contributed by atoms with van der Waals surface area (Å²) in [7, 11) is 0. The molecule has 80 valence electrons. The molecule has 0 bridgehead atoms. The van der Waals surface area contributed by atoms with Crippen molar-refractivity contribution in [1.82, 2.24) is 0 Å². The van der Waals surface area contributed by atoms with Crippen molar-refractivity contribution < 1.29 is 9.84 Å². The summed E-state index contributed by atoms with van der Waals surface area (Å²) in [6.07, 6.45) is 2.06. The Bertz CT molecular complexity index is 306. The first kappa shape index (κ1) is 11.7. The first-order valence-corrected chi connectivity index (χ1v) is 4.87. The van der Waals surface area contributed by atoms with Gasteiger partial charge in [0, 0.05) is 0 Å². The van der Waals surface area contributed by atoms with E-state index in [4.69, 9.17) is 4.74 Å². The molecule has 0 aliphatic rings. The average Bonchev–Trinajstić information content (AvgIpc) is 2.30. The summed E-state index contributed by atoms with van der Waals surface area (Å²) in [6.45, 7) is 7.55. The van der Waals surface area contributed by atoms with Crippen molar-refractivity contribution in [3.05, 3.63) is 61.2 Å². The molecule has 0 spiro atoms. The lowest BCUT2D eigenvalue weighted by Crippen LogP contribution is -2.19. The molecule has 0 unspecified atom stereocenters. The van der Waals surface area contributed by atoms with Crippen LogP contribution in [0.4, 0.5) is 0 Å². The molecule has 2 atom stereocenters. The van der Waals surface area contributed by atoms with Gasteiger partial charge in [0.25, 0.3) is 0 Å². The van der Waals surface area contributed by atoms with Crippen LogP contribution in [0.3, 0.4) is 0 Å². The number of rotatable bonds is 6. The normalized spacial score (nSPS) is 14.2. The van der Waals surface area contributed by atoms with E-state index < -0.39 is 6.10 Å². The van der Waals surface area contributed by atoms with Crippen molar-refractivity contribution in [1.29, 1.82) is 0 Å². The summed E-state index contributed by atoms with van der Waals surface area (Å²) in [4.78, 5) is 0. The molecular weight excluding hydrogens is 188 g/mol. The SMILES string of the molecule is C=CCO[C@@H](c1ccccc1)[C@@H](O)C=C. The smallest absolute Gasteiger partial charge is 0.112 e. The number of benzene rings is 1. The molecule has 1 aromatic rings. The lowest BCUT2D eigenvalue weighted by atomic mass is 10.0. The van der Waals surface area contributed by atoms with Crippen LogP contribution in [0.2, 0.25) is 0 Å². The number of aliphatic hydroxyl groups is 1. The Labute approximate surface area is 90.5 Å². The average molecular weight is 204 g/mol. The van der Waals surface area contributed by atoms with Gasteiger partial charge in [0.05, 0.1) is 6.61 Å². The summed E-state index contributed by atoms with van der Waals surface area (Å²) >= 11 is 0.